The van der Waals surface area contributed by atoms with Crippen LogP contribution in [0.1, 0.15) is 0 Å². The lowest BCUT2D eigenvalue weighted by Gasteiger charge is -2.01. The molecule has 1 N–H and O–H groups in total. The first-order chi connectivity index (χ1) is 5.43. The first-order valence-electron chi connectivity index (χ1n) is 3.47. The van der Waals surface area contributed by atoms with Crippen LogP contribution in [0.5, 0.6) is 0 Å². The van der Waals surface area contributed by atoms with Crippen molar-refractivity contribution in [2.24, 2.45) is 0 Å². The molecule has 11 heavy (non-hydrogen) atoms. The minimum atomic E-state index is 0.925. The van der Waals surface area contributed by atoms with Gasteiger partial charge in [0.15, 0.2) is 0 Å². The second kappa shape index (κ2) is 4.85. The van der Waals surface area contributed by atoms with E-state index in [2.05, 4.69) is 11.3 Å². The van der Waals surface area contributed by atoms with E-state index in [1.54, 1.807) is 11.9 Å². The van der Waals surface area contributed by atoms with Gasteiger partial charge in [0.05, 0.1) is 0 Å². The first-order valence-corrected chi connectivity index (χ1v) is 4.46. The molecule has 58 valence electrons. The average Bonchev–Trinajstić information content (AvgIpc) is 2.07. The van der Waals surface area contributed by atoms with Crippen LogP contribution in [0, 0.1) is 0 Å². The molecule has 2 heteroatoms. The fourth-order valence-electron chi connectivity index (χ4n) is 0.690. The van der Waals surface area contributed by atoms with E-state index in [-0.39, 0.29) is 0 Å². The summed E-state index contributed by atoms with van der Waals surface area (Å²) in [6.45, 7) is 3.63. The molecule has 0 aromatic heterocycles. The second-order valence-corrected chi connectivity index (χ2v) is 2.89. The predicted octanol–water partition coefficient (Wildman–Crippen LogP) is 2.93. The number of rotatable bonds is 4. The Labute approximate surface area is 71.6 Å². The fourth-order valence-corrected chi connectivity index (χ4v) is 1.19. The Morgan fingerprint density at radius 1 is 1.36 bits per heavy atom. The monoisotopic (exact) mass is 165 g/mol. The molecule has 0 radical (unpaired) electrons. The van der Waals surface area contributed by atoms with E-state index in [1.165, 1.54) is 0 Å². The molecule has 0 heterocycles. The van der Waals surface area contributed by atoms with Crippen LogP contribution in [0.2, 0.25) is 0 Å². The van der Waals surface area contributed by atoms with E-state index < -0.39 is 0 Å². The van der Waals surface area contributed by atoms with Gasteiger partial charge in [-0.25, -0.2) is 0 Å². The van der Waals surface area contributed by atoms with Crippen molar-refractivity contribution in [1.82, 2.24) is 0 Å². The van der Waals surface area contributed by atoms with E-state index in [0.29, 0.717) is 0 Å². The van der Waals surface area contributed by atoms with Gasteiger partial charge in [0.2, 0.25) is 0 Å². The summed E-state index contributed by atoms with van der Waals surface area (Å²) in [6.07, 6.45) is 1.88. The van der Waals surface area contributed by atoms with Crippen LogP contribution >= 0.6 is 11.9 Å². The molecule has 0 aliphatic rings. The third kappa shape index (κ3) is 3.14. The Bertz CT molecular complexity index is 208. The normalized spacial score (nSPS) is 9.09. The molecule has 0 bridgehead atoms. The third-order valence-electron chi connectivity index (χ3n) is 1.16. The van der Waals surface area contributed by atoms with E-state index in [9.17, 15) is 0 Å². The molecule has 0 fully saturated rings. The summed E-state index contributed by atoms with van der Waals surface area (Å²) >= 11 is 1.64. The molecule has 0 saturated carbocycles. The van der Waals surface area contributed by atoms with Gasteiger partial charge >= 0.3 is 0 Å². The highest BCUT2D eigenvalue weighted by molar-refractivity contribution is 8.00. The fraction of sp³-hybridized carbons (Fsp3) is 0.111. The molecule has 0 atom stereocenters. The van der Waals surface area contributed by atoms with E-state index in [0.717, 1.165) is 11.4 Å². The van der Waals surface area contributed by atoms with Gasteiger partial charge in [0.25, 0.3) is 0 Å². The van der Waals surface area contributed by atoms with Crippen molar-refractivity contribution in [3.63, 3.8) is 0 Å². The molecule has 1 aromatic carbocycles. The van der Waals surface area contributed by atoms with Crippen molar-refractivity contribution in [2.45, 2.75) is 0 Å². The number of hydrogen-bond acceptors (Lipinski definition) is 2. The average molecular weight is 165 g/mol. The van der Waals surface area contributed by atoms with Crippen molar-refractivity contribution in [3.8, 4) is 0 Å². The highest BCUT2D eigenvalue weighted by Crippen LogP contribution is 2.10. The lowest BCUT2D eigenvalue weighted by atomic mass is 10.3. The highest BCUT2D eigenvalue weighted by atomic mass is 32.2. The van der Waals surface area contributed by atoms with Crippen molar-refractivity contribution < 1.29 is 0 Å². The van der Waals surface area contributed by atoms with Crippen LogP contribution in [0.25, 0.3) is 0 Å². The number of para-hydroxylation sites is 1. The maximum absolute atomic E-state index is 3.63. The lowest BCUT2D eigenvalue weighted by Crippen LogP contribution is -1.85. The van der Waals surface area contributed by atoms with Crippen LogP contribution in [0.4, 0.5) is 5.69 Å². The third-order valence-corrected chi connectivity index (χ3v) is 1.95. The zero-order chi connectivity index (χ0) is 7.94. The van der Waals surface area contributed by atoms with Crippen molar-refractivity contribution in [2.75, 3.05) is 10.5 Å². The standard InChI is InChI=1S/C9H11NS/c1-2-8-11-10-9-6-4-3-5-7-9/h2-7,10H,1,8H2. The highest BCUT2D eigenvalue weighted by Gasteiger charge is 1.85. The van der Waals surface area contributed by atoms with Gasteiger partial charge in [0.1, 0.15) is 0 Å². The minimum Gasteiger partial charge on any atom is -0.329 e. The van der Waals surface area contributed by atoms with Crippen molar-refractivity contribution in [3.05, 3.63) is 43.0 Å². The maximum atomic E-state index is 3.63. The minimum absolute atomic E-state index is 0.925. The van der Waals surface area contributed by atoms with Crippen LogP contribution < -0.4 is 4.72 Å². The smallest absolute Gasteiger partial charge is 0.0440 e. The molecule has 1 nitrogen and oxygen atoms in total. The van der Waals surface area contributed by atoms with Crippen LogP contribution in [-0.4, -0.2) is 5.75 Å². The summed E-state index contributed by atoms with van der Waals surface area (Å²) in [6, 6.07) is 10.1. The molecule has 0 aliphatic carbocycles. The molecule has 1 rings (SSSR count). The largest absolute Gasteiger partial charge is 0.329 e. The summed E-state index contributed by atoms with van der Waals surface area (Å²) in [7, 11) is 0. The Morgan fingerprint density at radius 2 is 2.09 bits per heavy atom. The van der Waals surface area contributed by atoms with Gasteiger partial charge in [-0.1, -0.05) is 24.3 Å². The van der Waals surface area contributed by atoms with Gasteiger partial charge < -0.3 is 4.72 Å². The maximum Gasteiger partial charge on any atom is 0.0440 e. The van der Waals surface area contributed by atoms with Gasteiger partial charge in [-0.3, -0.25) is 0 Å². The van der Waals surface area contributed by atoms with Gasteiger partial charge in [-0.15, -0.1) is 6.58 Å². The molecule has 0 spiro atoms. The SMILES string of the molecule is C=CCSNc1ccccc1. The summed E-state index contributed by atoms with van der Waals surface area (Å²) in [5.74, 6) is 0.925. The van der Waals surface area contributed by atoms with E-state index >= 15 is 0 Å². The molecule has 0 unspecified atom stereocenters. The van der Waals surface area contributed by atoms with Crippen molar-refractivity contribution in [1.29, 1.82) is 0 Å². The van der Waals surface area contributed by atoms with Crippen LogP contribution in [0.3, 0.4) is 0 Å². The van der Waals surface area contributed by atoms with Gasteiger partial charge in [-0.2, -0.15) is 0 Å². The summed E-state index contributed by atoms with van der Waals surface area (Å²) in [5, 5.41) is 0. The Hall–Kier alpha value is -0.890. The Balaban J connectivity index is 2.33. The van der Waals surface area contributed by atoms with Crippen LogP contribution in [0.15, 0.2) is 43.0 Å². The molecular formula is C9H11NS. The number of nitrogens with one attached hydrogen (secondary N) is 1. The molecular weight excluding hydrogens is 154 g/mol. The molecule has 0 saturated heterocycles. The summed E-state index contributed by atoms with van der Waals surface area (Å²) < 4.78 is 3.19. The van der Waals surface area contributed by atoms with Crippen LogP contribution in [-0.2, 0) is 0 Å². The zero-order valence-corrected chi connectivity index (χ0v) is 7.10. The topological polar surface area (TPSA) is 12.0 Å². The molecule has 0 amide bonds. The van der Waals surface area contributed by atoms with E-state index in [4.69, 9.17) is 0 Å². The first kappa shape index (κ1) is 8.21. The van der Waals surface area contributed by atoms with Gasteiger partial charge in [-0.05, 0) is 24.1 Å². The molecule has 0 aliphatic heterocycles. The Morgan fingerprint density at radius 3 is 2.73 bits per heavy atom. The summed E-state index contributed by atoms with van der Waals surface area (Å²) in [5.41, 5.74) is 1.14. The van der Waals surface area contributed by atoms with Crippen molar-refractivity contribution >= 4 is 17.6 Å². The van der Waals surface area contributed by atoms with Gasteiger partial charge in [0, 0.05) is 11.4 Å². The number of anilines is 1. The summed E-state index contributed by atoms with van der Waals surface area (Å²) in [4.78, 5) is 0. The quantitative estimate of drug-likeness (QED) is 0.418. The molecule has 1 aromatic rings. The Kier molecular flexibility index (Phi) is 3.62. The predicted molar refractivity (Wildman–Crippen MR) is 52.7 cm³/mol. The lowest BCUT2D eigenvalue weighted by molar-refractivity contribution is 1.67. The van der Waals surface area contributed by atoms with E-state index in [1.807, 2.05) is 36.4 Å². The second-order valence-electron chi connectivity index (χ2n) is 2.07. The number of benzene rings is 1. The number of hydrogen-bond donors (Lipinski definition) is 1. The zero-order valence-electron chi connectivity index (χ0n) is 6.29.